The van der Waals surface area contributed by atoms with Gasteiger partial charge in [-0.25, -0.2) is 4.98 Å². The monoisotopic (exact) mass is 371 g/mol. The van der Waals surface area contributed by atoms with Gasteiger partial charge in [-0.05, 0) is 42.5 Å². The molecule has 1 aliphatic heterocycles. The molecule has 1 aliphatic carbocycles. The van der Waals surface area contributed by atoms with Crippen LogP contribution in [0.1, 0.15) is 30.2 Å². The summed E-state index contributed by atoms with van der Waals surface area (Å²) in [6.07, 6.45) is 4.28. The second-order valence-electron chi connectivity index (χ2n) is 8.06. The molecule has 6 nitrogen and oxygen atoms in total. The Morgan fingerprint density at radius 1 is 1.14 bits per heavy atom. The quantitative estimate of drug-likeness (QED) is 0.594. The summed E-state index contributed by atoms with van der Waals surface area (Å²) in [7, 11) is 0. The number of nitrogens with one attached hydrogen (secondary N) is 1. The van der Waals surface area contributed by atoms with E-state index < -0.39 is 0 Å². The minimum atomic E-state index is 0.376. The number of imidazole rings is 1. The van der Waals surface area contributed by atoms with Crippen molar-refractivity contribution < 1.29 is 4.52 Å². The van der Waals surface area contributed by atoms with E-state index in [1.54, 1.807) is 0 Å². The van der Waals surface area contributed by atoms with Crippen LogP contribution in [0.3, 0.4) is 0 Å². The zero-order valence-electron chi connectivity index (χ0n) is 15.5. The Morgan fingerprint density at radius 3 is 2.89 bits per heavy atom. The number of rotatable bonds is 4. The maximum Gasteiger partial charge on any atom is 0.230 e. The standard InChI is InChI=1S/C22H21N5O/c1-2-4-19-18(3-1)24-14-27(19)12-15-5-7-16(8-6-15)20-25-21(28-26-20)17-11-22(17)9-10-23-13-22/h1-8,14,17,23H,9-13H2. The minimum Gasteiger partial charge on any atom is -0.339 e. The molecule has 0 radical (unpaired) electrons. The molecule has 2 aromatic heterocycles. The van der Waals surface area contributed by atoms with Gasteiger partial charge < -0.3 is 14.4 Å². The van der Waals surface area contributed by atoms with Crippen LogP contribution >= 0.6 is 0 Å². The highest BCUT2D eigenvalue weighted by atomic mass is 16.5. The fourth-order valence-corrected chi connectivity index (χ4v) is 4.52. The summed E-state index contributed by atoms with van der Waals surface area (Å²) in [6, 6.07) is 16.6. The van der Waals surface area contributed by atoms with Crippen LogP contribution in [0.5, 0.6) is 0 Å². The molecule has 6 rings (SSSR count). The van der Waals surface area contributed by atoms with E-state index in [-0.39, 0.29) is 0 Å². The molecule has 2 aliphatic rings. The van der Waals surface area contributed by atoms with Crippen LogP contribution in [0.15, 0.2) is 59.4 Å². The maximum atomic E-state index is 5.59. The average molecular weight is 371 g/mol. The van der Waals surface area contributed by atoms with Gasteiger partial charge in [-0.1, -0.05) is 41.6 Å². The van der Waals surface area contributed by atoms with Gasteiger partial charge in [0.15, 0.2) is 0 Å². The molecule has 140 valence electrons. The molecule has 2 atom stereocenters. The summed E-state index contributed by atoms with van der Waals surface area (Å²) in [4.78, 5) is 9.15. The molecule has 4 aromatic rings. The van der Waals surface area contributed by atoms with Crippen molar-refractivity contribution in [3.8, 4) is 11.4 Å². The second-order valence-corrected chi connectivity index (χ2v) is 8.06. The van der Waals surface area contributed by atoms with Gasteiger partial charge in [0.2, 0.25) is 11.7 Å². The normalized spacial score (nSPS) is 23.6. The molecular formula is C22H21N5O. The van der Waals surface area contributed by atoms with Gasteiger partial charge >= 0.3 is 0 Å². The molecular weight excluding hydrogens is 350 g/mol. The second kappa shape index (κ2) is 6.01. The first-order valence-electron chi connectivity index (χ1n) is 9.84. The predicted molar refractivity (Wildman–Crippen MR) is 106 cm³/mol. The lowest BCUT2D eigenvalue weighted by molar-refractivity contribution is 0.364. The average Bonchev–Trinajstić information content (AvgIpc) is 3.15. The predicted octanol–water partition coefficient (Wildman–Crippen LogP) is 3.60. The SMILES string of the molecule is c1ccc2c(c1)ncn2Cc1ccc(-c2noc(C3CC34CCNC4)n2)cc1. The molecule has 1 spiro atoms. The zero-order valence-corrected chi connectivity index (χ0v) is 15.5. The largest absolute Gasteiger partial charge is 0.339 e. The number of nitrogens with zero attached hydrogens (tertiary/aromatic N) is 4. The first-order chi connectivity index (χ1) is 13.8. The Kier molecular flexibility index (Phi) is 3.43. The smallest absolute Gasteiger partial charge is 0.230 e. The van der Waals surface area contributed by atoms with Crippen LogP contribution in [0, 0.1) is 5.41 Å². The van der Waals surface area contributed by atoms with Crippen molar-refractivity contribution in [2.45, 2.75) is 25.3 Å². The molecule has 1 saturated carbocycles. The molecule has 6 heteroatoms. The van der Waals surface area contributed by atoms with E-state index >= 15 is 0 Å². The van der Waals surface area contributed by atoms with Gasteiger partial charge in [0.25, 0.3) is 0 Å². The van der Waals surface area contributed by atoms with E-state index in [1.807, 2.05) is 24.5 Å². The summed E-state index contributed by atoms with van der Waals surface area (Å²) in [5.74, 6) is 1.91. The number of para-hydroxylation sites is 2. The first kappa shape index (κ1) is 16.0. The van der Waals surface area contributed by atoms with Crippen molar-refractivity contribution in [2.75, 3.05) is 13.1 Å². The van der Waals surface area contributed by atoms with E-state index in [0.717, 1.165) is 42.1 Å². The van der Waals surface area contributed by atoms with E-state index in [1.165, 1.54) is 18.4 Å². The van der Waals surface area contributed by atoms with E-state index in [0.29, 0.717) is 17.2 Å². The van der Waals surface area contributed by atoms with Gasteiger partial charge in [-0.3, -0.25) is 0 Å². The van der Waals surface area contributed by atoms with Crippen LogP contribution < -0.4 is 5.32 Å². The highest BCUT2D eigenvalue weighted by Crippen LogP contribution is 2.62. The first-order valence-corrected chi connectivity index (χ1v) is 9.84. The number of hydrogen-bond donors (Lipinski definition) is 1. The van der Waals surface area contributed by atoms with E-state index in [2.05, 4.69) is 55.3 Å². The van der Waals surface area contributed by atoms with Crippen molar-refractivity contribution >= 4 is 11.0 Å². The molecule has 0 amide bonds. The Balaban J connectivity index is 1.20. The Morgan fingerprint density at radius 2 is 2.04 bits per heavy atom. The molecule has 3 heterocycles. The van der Waals surface area contributed by atoms with Crippen molar-refractivity contribution in [2.24, 2.45) is 5.41 Å². The lowest BCUT2D eigenvalue weighted by atomic mass is 10.0. The third-order valence-corrected chi connectivity index (χ3v) is 6.30. The third kappa shape index (κ3) is 2.56. The molecule has 2 fully saturated rings. The number of hydrogen-bond acceptors (Lipinski definition) is 5. The van der Waals surface area contributed by atoms with Gasteiger partial charge in [0.1, 0.15) is 0 Å². The lowest BCUT2D eigenvalue weighted by Crippen LogP contribution is -2.10. The number of benzene rings is 2. The van der Waals surface area contributed by atoms with Crippen molar-refractivity contribution in [3.05, 3.63) is 66.3 Å². The summed E-state index contributed by atoms with van der Waals surface area (Å²) < 4.78 is 7.76. The van der Waals surface area contributed by atoms with Crippen LogP contribution in [0.4, 0.5) is 0 Å². The van der Waals surface area contributed by atoms with Crippen LogP contribution in [-0.2, 0) is 6.54 Å². The van der Waals surface area contributed by atoms with Crippen LogP contribution in [0.2, 0.25) is 0 Å². The van der Waals surface area contributed by atoms with E-state index in [4.69, 9.17) is 4.52 Å². The molecule has 1 N–H and O–H groups in total. The highest BCUT2D eigenvalue weighted by molar-refractivity contribution is 5.75. The fraction of sp³-hybridized carbons (Fsp3) is 0.318. The highest BCUT2D eigenvalue weighted by Gasteiger charge is 2.58. The fourth-order valence-electron chi connectivity index (χ4n) is 4.52. The molecule has 28 heavy (non-hydrogen) atoms. The van der Waals surface area contributed by atoms with Gasteiger partial charge in [0, 0.05) is 24.6 Å². The maximum absolute atomic E-state index is 5.59. The molecule has 0 bridgehead atoms. The minimum absolute atomic E-state index is 0.376. The van der Waals surface area contributed by atoms with Crippen molar-refractivity contribution in [1.29, 1.82) is 0 Å². The summed E-state index contributed by atoms with van der Waals surface area (Å²) in [5.41, 5.74) is 4.76. The molecule has 1 saturated heterocycles. The summed E-state index contributed by atoms with van der Waals surface area (Å²) >= 11 is 0. The summed E-state index contributed by atoms with van der Waals surface area (Å²) in [6.45, 7) is 2.97. The van der Waals surface area contributed by atoms with Crippen molar-refractivity contribution in [3.63, 3.8) is 0 Å². The van der Waals surface area contributed by atoms with Gasteiger partial charge in [-0.15, -0.1) is 0 Å². The summed E-state index contributed by atoms with van der Waals surface area (Å²) in [5, 5.41) is 7.68. The zero-order chi connectivity index (χ0) is 18.6. The Hall–Kier alpha value is -2.99. The lowest BCUT2D eigenvalue weighted by Gasteiger charge is -2.05. The molecule has 2 aromatic carbocycles. The molecule has 2 unspecified atom stereocenters. The third-order valence-electron chi connectivity index (χ3n) is 6.30. The van der Waals surface area contributed by atoms with Crippen molar-refractivity contribution in [1.82, 2.24) is 25.0 Å². The van der Waals surface area contributed by atoms with Gasteiger partial charge in [0.05, 0.1) is 17.4 Å². The number of aromatic nitrogens is 4. The Labute approximate surface area is 162 Å². The van der Waals surface area contributed by atoms with Crippen LogP contribution in [0.25, 0.3) is 22.4 Å². The topological polar surface area (TPSA) is 68.8 Å². The van der Waals surface area contributed by atoms with Gasteiger partial charge in [-0.2, -0.15) is 4.98 Å². The van der Waals surface area contributed by atoms with Crippen LogP contribution in [-0.4, -0.2) is 32.8 Å². The number of fused-ring (bicyclic) bond motifs is 1. The van der Waals surface area contributed by atoms with E-state index in [9.17, 15) is 0 Å². The Bertz CT molecular complexity index is 1140.